The number of nitrogens with one attached hydrogen (secondary N) is 3. The number of fused-ring (bicyclic) bond motifs is 2. The molecule has 9 rings (SSSR count). The van der Waals surface area contributed by atoms with Gasteiger partial charge >= 0.3 is 0 Å². The Morgan fingerprint density at radius 3 is 2.39 bits per heavy atom. The van der Waals surface area contributed by atoms with Gasteiger partial charge in [-0.2, -0.15) is 0 Å². The molecular weight excluding hydrogens is 837 g/mol. The van der Waals surface area contributed by atoms with E-state index < -0.39 is 30.1 Å². The number of amides is 6. The zero-order valence-corrected chi connectivity index (χ0v) is 35.6. The Kier molecular flexibility index (Phi) is 12.2. The molecule has 2 fully saturated rings. The van der Waals surface area contributed by atoms with Crippen LogP contribution >= 0.6 is 11.3 Å². The maximum absolute atomic E-state index is 14.0. The second kappa shape index (κ2) is 18.4. The van der Waals surface area contributed by atoms with Crippen LogP contribution in [0.15, 0.2) is 103 Å². The molecule has 3 atom stereocenters. The van der Waals surface area contributed by atoms with Gasteiger partial charge in [-0.25, -0.2) is 4.98 Å². The molecular formula is C47H46N8O8S. The molecule has 64 heavy (non-hydrogen) atoms. The number of benzene rings is 4. The van der Waals surface area contributed by atoms with Crippen LogP contribution in [0.25, 0.3) is 11.1 Å². The number of imide groups is 1. The van der Waals surface area contributed by atoms with Gasteiger partial charge in [-0.3, -0.25) is 39.0 Å². The van der Waals surface area contributed by atoms with Gasteiger partial charge < -0.3 is 35.2 Å². The zero-order valence-electron chi connectivity index (χ0n) is 34.8. The fourth-order valence-electron chi connectivity index (χ4n) is 8.83. The molecule has 4 N–H and O–H groups in total. The molecule has 4 aliphatic rings. The van der Waals surface area contributed by atoms with E-state index in [0.29, 0.717) is 61.2 Å². The van der Waals surface area contributed by atoms with Crippen molar-refractivity contribution in [3.8, 4) is 11.1 Å². The summed E-state index contributed by atoms with van der Waals surface area (Å²) in [4.78, 5) is 89.7. The Labute approximate surface area is 372 Å². The lowest BCUT2D eigenvalue weighted by atomic mass is 10.00. The molecule has 1 aromatic heterocycles. The number of rotatable bonds is 14. The van der Waals surface area contributed by atoms with Crippen LogP contribution in [0.1, 0.15) is 67.5 Å². The van der Waals surface area contributed by atoms with E-state index in [4.69, 9.17) is 4.74 Å². The number of aliphatic hydroxyl groups excluding tert-OH is 1. The maximum atomic E-state index is 14.0. The number of hydrogen-bond donors (Lipinski definition) is 4. The number of ether oxygens (including phenoxy) is 1. The van der Waals surface area contributed by atoms with Gasteiger partial charge in [0.15, 0.2) is 5.13 Å². The van der Waals surface area contributed by atoms with Gasteiger partial charge in [0.25, 0.3) is 23.6 Å². The first kappa shape index (κ1) is 42.4. The normalized spacial score (nSPS) is 18.8. The lowest BCUT2D eigenvalue weighted by Crippen LogP contribution is -2.57. The summed E-state index contributed by atoms with van der Waals surface area (Å²) >= 11 is 1.32. The van der Waals surface area contributed by atoms with E-state index in [1.54, 1.807) is 34.7 Å². The van der Waals surface area contributed by atoms with Gasteiger partial charge in [0.2, 0.25) is 11.8 Å². The number of aromatic nitrogens is 1. The molecule has 0 spiro atoms. The van der Waals surface area contributed by atoms with Crippen molar-refractivity contribution >= 4 is 63.3 Å². The number of carbonyl (C=O) groups is 6. The Hall–Kier alpha value is -6.95. The van der Waals surface area contributed by atoms with Crippen LogP contribution in [-0.2, 0) is 25.7 Å². The quantitative estimate of drug-likeness (QED) is 0.0907. The summed E-state index contributed by atoms with van der Waals surface area (Å²) in [5, 5.41) is 21.1. The van der Waals surface area contributed by atoms with E-state index >= 15 is 0 Å². The van der Waals surface area contributed by atoms with Crippen LogP contribution in [0.4, 0.5) is 16.5 Å². The number of aliphatic hydroxyl groups is 1. The van der Waals surface area contributed by atoms with E-state index in [1.165, 1.54) is 11.3 Å². The highest BCUT2D eigenvalue weighted by atomic mass is 32.1. The molecule has 0 saturated carbocycles. The van der Waals surface area contributed by atoms with E-state index in [2.05, 4.69) is 38.0 Å². The van der Waals surface area contributed by atoms with Gasteiger partial charge in [0.05, 0.1) is 36.8 Å². The third-order valence-electron chi connectivity index (χ3n) is 12.1. The van der Waals surface area contributed by atoms with Crippen molar-refractivity contribution in [2.75, 3.05) is 61.5 Å². The Balaban J connectivity index is 0.730. The van der Waals surface area contributed by atoms with Crippen molar-refractivity contribution in [1.82, 2.24) is 25.0 Å². The Bertz CT molecular complexity index is 2580. The minimum Gasteiger partial charge on any atom is -0.382 e. The third kappa shape index (κ3) is 8.56. The van der Waals surface area contributed by atoms with Crippen molar-refractivity contribution in [3.63, 3.8) is 0 Å². The molecule has 0 aliphatic carbocycles. The number of piperazine rings is 1. The number of carbonyl (C=O) groups excluding carboxylic acids is 6. The van der Waals surface area contributed by atoms with Gasteiger partial charge in [0.1, 0.15) is 12.3 Å². The molecule has 0 radical (unpaired) electrons. The first-order chi connectivity index (χ1) is 31.1. The molecule has 6 amide bonds. The first-order valence-corrected chi connectivity index (χ1v) is 22.1. The molecule has 4 aromatic carbocycles. The van der Waals surface area contributed by atoms with E-state index in [-0.39, 0.29) is 67.2 Å². The fraction of sp³-hybridized carbons (Fsp3) is 0.298. The highest BCUT2D eigenvalue weighted by molar-refractivity contribution is 7.13. The largest absolute Gasteiger partial charge is 0.382 e. The molecule has 16 nitrogen and oxygen atoms in total. The second-order valence-electron chi connectivity index (χ2n) is 16.0. The monoisotopic (exact) mass is 882 g/mol. The first-order valence-electron chi connectivity index (χ1n) is 21.3. The Morgan fingerprint density at radius 2 is 1.64 bits per heavy atom. The molecule has 4 aliphatic heterocycles. The van der Waals surface area contributed by atoms with Crippen molar-refractivity contribution in [2.45, 2.75) is 44.1 Å². The lowest BCUT2D eigenvalue weighted by Gasteiger charge is -2.36. The van der Waals surface area contributed by atoms with E-state index in [9.17, 15) is 33.9 Å². The minimum atomic E-state index is -1.33. The van der Waals surface area contributed by atoms with Crippen LogP contribution in [0.3, 0.4) is 0 Å². The average Bonchev–Trinajstić information content (AvgIpc) is 4.01. The van der Waals surface area contributed by atoms with Gasteiger partial charge in [-0.1, -0.05) is 60.7 Å². The molecule has 5 heterocycles. The molecule has 3 unspecified atom stereocenters. The molecule has 5 aromatic rings. The minimum absolute atomic E-state index is 0.00841. The topological polar surface area (TPSA) is 194 Å². The maximum Gasteiger partial charge on any atom is 0.264 e. The third-order valence-corrected chi connectivity index (χ3v) is 12.8. The molecule has 328 valence electrons. The predicted molar refractivity (Wildman–Crippen MR) is 239 cm³/mol. The summed E-state index contributed by atoms with van der Waals surface area (Å²) in [6, 6.07) is 26.6. The summed E-state index contributed by atoms with van der Waals surface area (Å²) in [5.41, 5.74) is 5.96. The molecule has 2 saturated heterocycles. The lowest BCUT2D eigenvalue weighted by molar-refractivity contribution is -0.132. The summed E-state index contributed by atoms with van der Waals surface area (Å²) in [7, 11) is 0. The number of nitrogens with zero attached hydrogens (tertiary/aromatic N) is 5. The standard InChI is InChI=1S/C47H46N8O8S/c56-38-16-15-37(42(58)50-38)55-45(61)34-7-4-8-36(40(34)46(55)62)48-18-25-63-24-17-39(57)53-22-20-52(21-23-53)33-13-11-29(12-14-33)31-9-10-32-28-54(44(60)35(32)27-31)41(30-5-2-1-3-6-30)43(59)51-47-49-19-26-64-47/h1-14,19,26-27,37,41-42,48,58H,15-18,20-25,28H2,(H,50,56)(H,49,51,59). The van der Waals surface area contributed by atoms with Gasteiger partial charge in [0, 0.05) is 74.2 Å². The van der Waals surface area contributed by atoms with Crippen LogP contribution in [-0.4, -0.2) is 118 Å². The zero-order chi connectivity index (χ0) is 44.3. The van der Waals surface area contributed by atoms with Crippen LogP contribution in [0, 0.1) is 0 Å². The van der Waals surface area contributed by atoms with Crippen LogP contribution < -0.4 is 20.9 Å². The van der Waals surface area contributed by atoms with Gasteiger partial charge in [-0.15, -0.1) is 11.3 Å². The van der Waals surface area contributed by atoms with E-state index in [0.717, 1.165) is 27.3 Å². The van der Waals surface area contributed by atoms with Crippen molar-refractivity contribution < 1.29 is 38.6 Å². The molecule has 17 heteroatoms. The van der Waals surface area contributed by atoms with E-state index in [1.807, 2.05) is 65.6 Å². The Morgan fingerprint density at radius 1 is 0.859 bits per heavy atom. The summed E-state index contributed by atoms with van der Waals surface area (Å²) < 4.78 is 5.76. The second-order valence-corrected chi connectivity index (χ2v) is 16.9. The van der Waals surface area contributed by atoms with Crippen molar-refractivity contribution in [3.05, 3.63) is 130 Å². The van der Waals surface area contributed by atoms with Crippen molar-refractivity contribution in [2.24, 2.45) is 0 Å². The summed E-state index contributed by atoms with van der Waals surface area (Å²) in [5.74, 6) is -1.89. The van der Waals surface area contributed by atoms with Gasteiger partial charge in [-0.05, 0) is 59.0 Å². The summed E-state index contributed by atoms with van der Waals surface area (Å²) in [6.07, 6.45) is 0.805. The van der Waals surface area contributed by atoms with Crippen LogP contribution in [0.5, 0.6) is 0 Å². The highest BCUT2D eigenvalue weighted by Gasteiger charge is 2.45. The number of anilines is 3. The van der Waals surface area contributed by atoms with Crippen LogP contribution in [0.2, 0.25) is 0 Å². The summed E-state index contributed by atoms with van der Waals surface area (Å²) in [6.45, 7) is 3.63. The fourth-order valence-corrected chi connectivity index (χ4v) is 9.36. The number of piperidine rings is 1. The SMILES string of the molecule is O=C1CCC(N2C(=O)c3cccc(NCCOCCC(=O)N4CCN(c5ccc(-c6ccc7c(c6)C(=O)N(C(C(=O)Nc6nccs6)c6ccccc6)C7)cc5)CC4)c3C2=O)C(O)N1. The number of thiazole rings is 1. The highest BCUT2D eigenvalue weighted by Crippen LogP contribution is 2.36. The van der Waals surface area contributed by atoms with Crippen molar-refractivity contribution in [1.29, 1.82) is 0 Å². The smallest absolute Gasteiger partial charge is 0.264 e. The number of hydrogen-bond acceptors (Lipinski definition) is 12. The molecule has 0 bridgehead atoms. The average molecular weight is 883 g/mol. The predicted octanol–water partition coefficient (Wildman–Crippen LogP) is 4.51.